The molecule has 0 unspecified atom stereocenters. The average Bonchev–Trinajstić information content (AvgIpc) is 2.99. The summed E-state index contributed by atoms with van der Waals surface area (Å²) in [4.78, 5) is 51.6. The van der Waals surface area contributed by atoms with E-state index in [1.807, 2.05) is 6.26 Å². The quantitative estimate of drug-likeness (QED) is 0.541. The number of carbonyl (C=O) groups is 4. The van der Waals surface area contributed by atoms with E-state index in [9.17, 15) is 19.2 Å². The Morgan fingerprint density at radius 3 is 2.24 bits per heavy atom. The average molecular weight is 419 g/mol. The molecule has 156 valence electrons. The van der Waals surface area contributed by atoms with Gasteiger partial charge in [-0.3, -0.25) is 19.3 Å². The maximum Gasteiger partial charge on any atom is 0.337 e. The highest BCUT2D eigenvalue weighted by Gasteiger charge is 2.51. The number of nitrogens with one attached hydrogen (secondary N) is 1. The van der Waals surface area contributed by atoms with Gasteiger partial charge in [0.1, 0.15) is 6.04 Å². The van der Waals surface area contributed by atoms with Crippen molar-refractivity contribution in [3.05, 3.63) is 29.8 Å². The van der Waals surface area contributed by atoms with Crippen LogP contribution in [0.1, 0.15) is 42.5 Å². The van der Waals surface area contributed by atoms with Crippen molar-refractivity contribution in [3.63, 3.8) is 0 Å². The maximum absolute atomic E-state index is 13.0. The zero-order valence-corrected chi connectivity index (χ0v) is 17.5. The van der Waals surface area contributed by atoms with Crippen molar-refractivity contribution < 1.29 is 23.9 Å². The number of nitrogens with zero attached hydrogens (tertiary/aromatic N) is 1. The fourth-order valence-corrected chi connectivity index (χ4v) is 4.59. The van der Waals surface area contributed by atoms with Gasteiger partial charge in [-0.1, -0.05) is 12.8 Å². The number of fused-ring (bicyclic) bond motifs is 1. The second-order valence-corrected chi connectivity index (χ2v) is 8.38. The van der Waals surface area contributed by atoms with Crippen LogP contribution in [0.25, 0.3) is 0 Å². The minimum Gasteiger partial charge on any atom is -0.465 e. The van der Waals surface area contributed by atoms with Crippen LogP contribution in [0.4, 0.5) is 5.69 Å². The molecule has 0 spiro atoms. The first kappa shape index (κ1) is 21.4. The van der Waals surface area contributed by atoms with E-state index in [-0.39, 0.29) is 29.6 Å². The molecule has 7 nitrogen and oxygen atoms in total. The van der Waals surface area contributed by atoms with E-state index in [0.717, 1.165) is 25.7 Å². The predicted molar refractivity (Wildman–Crippen MR) is 110 cm³/mol. The van der Waals surface area contributed by atoms with Crippen LogP contribution in [0.3, 0.4) is 0 Å². The topological polar surface area (TPSA) is 92.8 Å². The first-order chi connectivity index (χ1) is 14.0. The molecule has 29 heavy (non-hydrogen) atoms. The van der Waals surface area contributed by atoms with E-state index in [0.29, 0.717) is 23.4 Å². The summed E-state index contributed by atoms with van der Waals surface area (Å²) in [6.45, 7) is 0. The number of amides is 3. The number of thioether (sulfide) groups is 1. The molecule has 3 amide bonds. The number of rotatable bonds is 7. The molecular formula is C21H26N2O5S. The van der Waals surface area contributed by atoms with E-state index >= 15 is 0 Å². The lowest BCUT2D eigenvalue weighted by Crippen LogP contribution is -2.48. The number of carbonyl (C=O) groups excluding carboxylic acids is 4. The summed E-state index contributed by atoms with van der Waals surface area (Å²) in [5, 5.41) is 2.79. The highest BCUT2D eigenvalue weighted by atomic mass is 32.2. The molecule has 0 radical (unpaired) electrons. The van der Waals surface area contributed by atoms with E-state index in [2.05, 4.69) is 10.1 Å². The summed E-state index contributed by atoms with van der Waals surface area (Å²) in [6, 6.07) is 5.48. The Labute approximate surface area is 174 Å². The number of esters is 1. The molecule has 1 aliphatic carbocycles. The van der Waals surface area contributed by atoms with Crippen LogP contribution < -0.4 is 5.32 Å². The van der Waals surface area contributed by atoms with Crippen LogP contribution in [0.5, 0.6) is 0 Å². The fraction of sp³-hybridized carbons (Fsp3) is 0.524. The lowest BCUT2D eigenvalue weighted by atomic mass is 9.81. The zero-order valence-electron chi connectivity index (χ0n) is 16.7. The molecule has 2 fully saturated rings. The van der Waals surface area contributed by atoms with Crippen LogP contribution in [0.2, 0.25) is 0 Å². The molecule has 1 aromatic carbocycles. The predicted octanol–water partition coefficient (Wildman–Crippen LogP) is 2.71. The third-order valence-electron chi connectivity index (χ3n) is 5.66. The Hall–Kier alpha value is -2.35. The lowest BCUT2D eigenvalue weighted by Gasteiger charge is -2.26. The Morgan fingerprint density at radius 1 is 1.14 bits per heavy atom. The summed E-state index contributed by atoms with van der Waals surface area (Å²) < 4.78 is 4.67. The number of anilines is 1. The van der Waals surface area contributed by atoms with Gasteiger partial charge in [0.15, 0.2) is 0 Å². The van der Waals surface area contributed by atoms with Crippen molar-refractivity contribution in [1.29, 1.82) is 0 Å². The van der Waals surface area contributed by atoms with E-state index in [1.165, 1.54) is 12.0 Å². The van der Waals surface area contributed by atoms with Gasteiger partial charge in [-0.15, -0.1) is 0 Å². The van der Waals surface area contributed by atoms with Gasteiger partial charge in [0.2, 0.25) is 17.7 Å². The number of ether oxygens (including phenoxy) is 1. The van der Waals surface area contributed by atoms with Gasteiger partial charge >= 0.3 is 5.97 Å². The normalized spacial score (nSPS) is 22.2. The van der Waals surface area contributed by atoms with Gasteiger partial charge in [-0.05, 0) is 55.5 Å². The van der Waals surface area contributed by atoms with E-state index < -0.39 is 12.0 Å². The number of methoxy groups -OCH3 is 1. The maximum atomic E-state index is 13.0. The van der Waals surface area contributed by atoms with Gasteiger partial charge in [0, 0.05) is 5.69 Å². The second kappa shape index (κ2) is 9.43. The highest BCUT2D eigenvalue weighted by Crippen LogP contribution is 2.39. The standard InChI is InChI=1S/C21H26N2O5S/c1-28-21(27)13-7-9-14(10-8-13)22-18(24)17(11-12-29-2)23-19(25)15-5-3-4-6-16(15)20(23)26/h7-10,15-17H,3-6,11-12H2,1-2H3,(H,22,24)/t15-,16+,17-/m1/s1. The minimum atomic E-state index is -0.826. The number of benzene rings is 1. The van der Waals surface area contributed by atoms with Crippen molar-refractivity contribution in [1.82, 2.24) is 4.90 Å². The Balaban J connectivity index is 1.77. The first-order valence-corrected chi connectivity index (χ1v) is 11.2. The molecule has 2 aliphatic rings. The molecule has 1 aliphatic heterocycles. The molecule has 3 rings (SSSR count). The van der Waals surface area contributed by atoms with E-state index in [4.69, 9.17) is 0 Å². The van der Waals surface area contributed by atoms with Gasteiger partial charge in [-0.2, -0.15) is 11.8 Å². The fourth-order valence-electron chi connectivity index (χ4n) is 4.14. The van der Waals surface area contributed by atoms with Crippen molar-refractivity contribution >= 4 is 41.1 Å². The van der Waals surface area contributed by atoms with Crippen LogP contribution in [-0.2, 0) is 19.1 Å². The third-order valence-corrected chi connectivity index (χ3v) is 6.30. The van der Waals surface area contributed by atoms with Gasteiger partial charge in [-0.25, -0.2) is 4.79 Å². The Morgan fingerprint density at radius 2 is 1.72 bits per heavy atom. The summed E-state index contributed by atoms with van der Waals surface area (Å²) >= 11 is 1.57. The number of likely N-dealkylation sites (tertiary alicyclic amines) is 1. The monoisotopic (exact) mass is 418 g/mol. The lowest BCUT2D eigenvalue weighted by molar-refractivity contribution is -0.146. The van der Waals surface area contributed by atoms with Crippen LogP contribution in [0.15, 0.2) is 24.3 Å². The summed E-state index contributed by atoms with van der Waals surface area (Å²) in [6.07, 6.45) is 5.66. The molecule has 1 aromatic rings. The van der Waals surface area contributed by atoms with Crippen molar-refractivity contribution in [2.75, 3.05) is 24.4 Å². The van der Waals surface area contributed by atoms with Crippen molar-refractivity contribution in [2.45, 2.75) is 38.1 Å². The van der Waals surface area contributed by atoms with Crippen LogP contribution in [-0.4, -0.2) is 53.8 Å². The molecule has 1 saturated carbocycles. The number of imide groups is 1. The third kappa shape index (κ3) is 4.47. The first-order valence-electron chi connectivity index (χ1n) is 9.83. The molecule has 0 bridgehead atoms. The molecule has 3 atom stereocenters. The van der Waals surface area contributed by atoms with Gasteiger partial charge in [0.05, 0.1) is 24.5 Å². The highest BCUT2D eigenvalue weighted by molar-refractivity contribution is 7.98. The van der Waals surface area contributed by atoms with Crippen molar-refractivity contribution in [3.8, 4) is 0 Å². The van der Waals surface area contributed by atoms with Crippen molar-refractivity contribution in [2.24, 2.45) is 11.8 Å². The summed E-state index contributed by atoms with van der Waals surface area (Å²) in [5.74, 6) is -1.16. The summed E-state index contributed by atoms with van der Waals surface area (Å²) in [7, 11) is 1.30. The van der Waals surface area contributed by atoms with E-state index in [1.54, 1.807) is 36.0 Å². The molecule has 1 N–H and O–H groups in total. The Kier molecular flexibility index (Phi) is 6.95. The number of hydrogen-bond donors (Lipinski definition) is 1. The minimum absolute atomic E-state index is 0.206. The largest absolute Gasteiger partial charge is 0.465 e. The molecule has 0 aromatic heterocycles. The molecule has 1 saturated heterocycles. The molecule has 1 heterocycles. The molecule has 8 heteroatoms. The zero-order chi connectivity index (χ0) is 21.0. The van der Waals surface area contributed by atoms with Crippen LogP contribution >= 0.6 is 11.8 Å². The summed E-state index contributed by atoms with van der Waals surface area (Å²) in [5.41, 5.74) is 0.867. The second-order valence-electron chi connectivity index (χ2n) is 7.40. The SMILES string of the molecule is COC(=O)c1ccc(NC(=O)[C@@H](CCSC)N2C(=O)[C@H]3CCCC[C@H]3C2=O)cc1. The Bertz CT molecular complexity index is 771. The van der Waals surface area contributed by atoms with Gasteiger partial charge in [0.25, 0.3) is 0 Å². The van der Waals surface area contributed by atoms with Gasteiger partial charge < -0.3 is 10.1 Å². The van der Waals surface area contributed by atoms with Crippen LogP contribution in [0, 0.1) is 11.8 Å². The number of hydrogen-bond acceptors (Lipinski definition) is 6. The smallest absolute Gasteiger partial charge is 0.337 e. The molecular weight excluding hydrogens is 392 g/mol.